The molecule has 4 atom stereocenters. The van der Waals surface area contributed by atoms with Crippen LogP contribution in [0.5, 0.6) is 5.75 Å². The van der Waals surface area contributed by atoms with Crippen LogP contribution in [0.3, 0.4) is 0 Å². The summed E-state index contributed by atoms with van der Waals surface area (Å²) in [6.07, 6.45) is 0.0656. The van der Waals surface area contributed by atoms with Crippen molar-refractivity contribution in [2.24, 2.45) is 5.92 Å². The Hall–Kier alpha value is -4.95. The number of fused-ring (bicyclic) bond motifs is 5. The number of carbonyl (C=O) groups excluding carboxylic acids is 3. The number of hydrogen-bond donors (Lipinski definition) is 1. The number of nitrogens with one attached hydrogen (secondary N) is 1. The molecule has 14 heteroatoms. The number of alkyl halides is 2. The number of piperidine rings is 2. The molecule has 3 fully saturated rings. The fraction of sp³-hybridized carbons (Fsp3) is 0.489. The zero-order valence-electron chi connectivity index (χ0n) is 33.4. The van der Waals surface area contributed by atoms with Crippen molar-refractivity contribution in [3.05, 3.63) is 94.1 Å². The molecule has 1 N–H and O–H groups in total. The van der Waals surface area contributed by atoms with Crippen molar-refractivity contribution in [2.45, 2.75) is 83.1 Å². The number of anilines is 2. The molecule has 3 unspecified atom stereocenters. The highest BCUT2D eigenvalue weighted by atomic mass is 19.3. The summed E-state index contributed by atoms with van der Waals surface area (Å²) >= 11 is 0. The van der Waals surface area contributed by atoms with E-state index in [9.17, 15) is 23.2 Å². The Morgan fingerprint density at radius 2 is 1.66 bits per heavy atom. The second-order valence-corrected chi connectivity index (χ2v) is 17.1. The highest BCUT2D eigenvalue weighted by Crippen LogP contribution is 2.46. The van der Waals surface area contributed by atoms with E-state index in [-0.39, 0.29) is 42.4 Å². The van der Waals surface area contributed by atoms with Gasteiger partial charge < -0.3 is 19.4 Å². The molecule has 6 heterocycles. The van der Waals surface area contributed by atoms with Gasteiger partial charge in [-0.15, -0.1) is 0 Å². The monoisotopic (exact) mass is 814 g/mol. The quantitative estimate of drug-likeness (QED) is 0.207. The standard InChI is InChI=1S/C45H50F4N6O4/c1-26-18-33(29-6-4-3-5-7-29)27(2)42(54(26)24-39(48)49)41-35(46)19-30(20-36(41)47)52-14-12-28(13-15-52)21-51-16-17-53-31(22-51)25-59-38-10-8-32-34(43(38)53)23-55(45(32)58)37-9-11-40(56)50-44(37)57/h3-8,10,19-20,26,28,31,37,39,42H,9,11-18,21-25H2,1-2H3,(H,50,56,57)/t26?,31?,37?,42-/m0/s1. The lowest BCUT2D eigenvalue weighted by Gasteiger charge is -2.47. The van der Waals surface area contributed by atoms with Crippen LogP contribution in [0, 0.1) is 17.6 Å². The fourth-order valence-corrected chi connectivity index (χ4v) is 10.6. The summed E-state index contributed by atoms with van der Waals surface area (Å²) in [6.45, 7) is 8.41. The minimum Gasteiger partial charge on any atom is -0.489 e. The van der Waals surface area contributed by atoms with Crippen LogP contribution >= 0.6 is 0 Å². The summed E-state index contributed by atoms with van der Waals surface area (Å²) in [7, 11) is 0. The third-order valence-corrected chi connectivity index (χ3v) is 13.5. The molecule has 6 aliphatic rings. The Morgan fingerprint density at radius 1 is 0.915 bits per heavy atom. The number of rotatable bonds is 8. The van der Waals surface area contributed by atoms with Crippen molar-refractivity contribution >= 4 is 34.7 Å². The summed E-state index contributed by atoms with van der Waals surface area (Å²) in [5, 5.41) is 2.37. The van der Waals surface area contributed by atoms with Gasteiger partial charge in [-0.3, -0.25) is 29.5 Å². The van der Waals surface area contributed by atoms with Crippen LogP contribution in [-0.4, -0.2) is 109 Å². The van der Waals surface area contributed by atoms with Gasteiger partial charge in [0.05, 0.1) is 24.3 Å². The molecule has 312 valence electrons. The third kappa shape index (κ3) is 7.36. The molecule has 0 saturated carbocycles. The molecule has 0 aromatic heterocycles. The summed E-state index contributed by atoms with van der Waals surface area (Å²) in [5.74, 6) is -1.27. The van der Waals surface area contributed by atoms with Crippen molar-refractivity contribution in [1.82, 2.24) is 20.0 Å². The topological polar surface area (TPSA) is 88.7 Å². The van der Waals surface area contributed by atoms with Crippen molar-refractivity contribution in [3.63, 3.8) is 0 Å². The molecule has 0 radical (unpaired) electrons. The molecule has 0 bridgehead atoms. The molecule has 6 aliphatic heterocycles. The van der Waals surface area contributed by atoms with Crippen LogP contribution in [0.1, 0.15) is 79.0 Å². The average Bonchev–Trinajstić information content (AvgIpc) is 3.55. The zero-order chi connectivity index (χ0) is 41.1. The summed E-state index contributed by atoms with van der Waals surface area (Å²) < 4.78 is 66.6. The lowest BCUT2D eigenvalue weighted by Crippen LogP contribution is -2.58. The first-order valence-corrected chi connectivity index (χ1v) is 20.9. The molecular formula is C45H50F4N6O4. The number of hydrogen-bond acceptors (Lipinski definition) is 8. The number of nitrogens with zero attached hydrogens (tertiary/aromatic N) is 5. The van der Waals surface area contributed by atoms with E-state index in [1.807, 2.05) is 55.1 Å². The van der Waals surface area contributed by atoms with Gasteiger partial charge in [0, 0.05) is 80.7 Å². The molecule has 3 amide bonds. The number of ether oxygens (including phenoxy) is 1. The van der Waals surface area contributed by atoms with Gasteiger partial charge in [0.25, 0.3) is 12.3 Å². The van der Waals surface area contributed by atoms with Gasteiger partial charge in [-0.05, 0) is 86.4 Å². The summed E-state index contributed by atoms with van der Waals surface area (Å²) in [6, 6.07) is 14.1. The SMILES string of the molecule is CC1=C(c2ccccc2)CC(C)N(CC(F)F)[C@@H]1c1c(F)cc(N2CCC(CN3CCN4c5c(ccc6c5CN(C5CCC(=O)NC5=O)C6=O)OCC4C3)CC2)cc1F. The highest BCUT2D eigenvalue weighted by Gasteiger charge is 2.44. The van der Waals surface area contributed by atoms with Crippen LogP contribution in [0.4, 0.5) is 28.9 Å². The van der Waals surface area contributed by atoms with E-state index < -0.39 is 42.6 Å². The second-order valence-electron chi connectivity index (χ2n) is 17.1. The van der Waals surface area contributed by atoms with Crippen molar-refractivity contribution in [1.29, 1.82) is 0 Å². The minimum absolute atomic E-state index is 0.0816. The number of benzene rings is 3. The first kappa shape index (κ1) is 39.5. The van der Waals surface area contributed by atoms with E-state index in [2.05, 4.69) is 15.1 Å². The summed E-state index contributed by atoms with van der Waals surface area (Å²) in [5.41, 5.74) is 5.18. The highest BCUT2D eigenvalue weighted by molar-refractivity contribution is 6.06. The Bertz CT molecular complexity index is 2160. The van der Waals surface area contributed by atoms with Gasteiger partial charge in [-0.2, -0.15) is 0 Å². The lowest BCUT2D eigenvalue weighted by molar-refractivity contribution is -0.136. The van der Waals surface area contributed by atoms with E-state index in [0.717, 1.165) is 67.2 Å². The van der Waals surface area contributed by atoms with E-state index in [0.29, 0.717) is 55.3 Å². The molecule has 3 aromatic carbocycles. The Morgan fingerprint density at radius 3 is 2.37 bits per heavy atom. The minimum atomic E-state index is -2.65. The molecule has 9 rings (SSSR count). The Labute approximate surface area is 341 Å². The molecule has 10 nitrogen and oxygen atoms in total. The molecule has 3 aromatic rings. The Kier molecular flexibility index (Phi) is 10.7. The maximum atomic E-state index is 16.3. The zero-order valence-corrected chi connectivity index (χ0v) is 33.4. The molecule has 59 heavy (non-hydrogen) atoms. The Balaban J connectivity index is 0.848. The maximum Gasteiger partial charge on any atom is 0.255 e. The number of halogens is 4. The van der Waals surface area contributed by atoms with Crippen molar-refractivity contribution in [3.8, 4) is 5.75 Å². The second kappa shape index (κ2) is 15.9. The van der Waals surface area contributed by atoms with Gasteiger partial charge in [-0.1, -0.05) is 30.3 Å². The van der Waals surface area contributed by atoms with Gasteiger partial charge >= 0.3 is 0 Å². The van der Waals surface area contributed by atoms with Crippen LogP contribution in [0.2, 0.25) is 0 Å². The number of piperazine rings is 1. The lowest BCUT2D eigenvalue weighted by atomic mass is 9.82. The number of amides is 3. The third-order valence-electron chi connectivity index (χ3n) is 13.5. The van der Waals surface area contributed by atoms with Gasteiger partial charge in [0.15, 0.2) is 0 Å². The van der Waals surface area contributed by atoms with Crippen molar-refractivity contribution < 1.29 is 36.7 Å². The largest absolute Gasteiger partial charge is 0.489 e. The van der Waals surface area contributed by atoms with Gasteiger partial charge in [0.2, 0.25) is 11.8 Å². The fourth-order valence-electron chi connectivity index (χ4n) is 10.6. The van der Waals surface area contributed by atoms with E-state index in [1.165, 1.54) is 12.1 Å². The van der Waals surface area contributed by atoms with E-state index >= 15 is 8.78 Å². The first-order valence-electron chi connectivity index (χ1n) is 20.9. The van der Waals surface area contributed by atoms with Crippen LogP contribution < -0.4 is 19.9 Å². The predicted molar refractivity (Wildman–Crippen MR) is 215 cm³/mol. The average molecular weight is 815 g/mol. The maximum absolute atomic E-state index is 16.3. The van der Waals surface area contributed by atoms with E-state index in [4.69, 9.17) is 4.74 Å². The van der Waals surface area contributed by atoms with Crippen molar-refractivity contribution in [2.75, 3.05) is 62.2 Å². The smallest absolute Gasteiger partial charge is 0.255 e. The predicted octanol–water partition coefficient (Wildman–Crippen LogP) is 6.40. The molecule has 0 aliphatic carbocycles. The molecular weight excluding hydrogens is 765 g/mol. The van der Waals surface area contributed by atoms with Crippen LogP contribution in [-0.2, 0) is 16.1 Å². The van der Waals surface area contributed by atoms with Gasteiger partial charge in [0.1, 0.15) is 30.0 Å². The van der Waals surface area contributed by atoms with E-state index in [1.54, 1.807) is 15.9 Å². The molecule has 3 saturated heterocycles. The first-order chi connectivity index (χ1) is 28.4. The van der Waals surface area contributed by atoms with Crippen LogP contribution in [0.15, 0.2) is 60.2 Å². The normalized spacial score (nSPS) is 25.6. The van der Waals surface area contributed by atoms with Crippen LogP contribution in [0.25, 0.3) is 5.57 Å². The summed E-state index contributed by atoms with van der Waals surface area (Å²) in [4.78, 5) is 47.9. The number of imide groups is 1. The van der Waals surface area contributed by atoms with Gasteiger partial charge in [-0.25, -0.2) is 17.6 Å². The number of carbonyl (C=O) groups is 3. The molecule has 0 spiro atoms.